The molecule has 1 saturated heterocycles. The molecule has 0 aromatic carbocycles. The predicted octanol–water partition coefficient (Wildman–Crippen LogP) is 0.403. The van der Waals surface area contributed by atoms with Gasteiger partial charge in [0.1, 0.15) is 0 Å². The molecular weight excluding hydrogens is 205 g/mol. The highest BCUT2D eigenvalue weighted by Gasteiger charge is 2.18. The number of likely N-dealkylation sites (tertiary alicyclic amines) is 1. The minimum atomic E-state index is -0.244. The zero-order valence-electron chi connectivity index (χ0n) is 3.97. The maximum Gasteiger partial charge on any atom is 0.160 e. The van der Waals surface area contributed by atoms with Gasteiger partial charge in [-0.1, -0.05) is 0 Å². The fraction of sp³-hybridized carbons (Fsp3) is 1.00. The molecule has 1 rings (SSSR count). The molecule has 0 radical (unpaired) electrons. The number of alkyl halides is 1. The third-order valence-electron chi connectivity index (χ3n) is 1.19. The molecule has 1 heterocycles. The van der Waals surface area contributed by atoms with E-state index < -0.39 is 0 Å². The Bertz CT molecular complexity index is 62.7. The molecule has 1 aliphatic heterocycles. The minimum absolute atomic E-state index is 0.244. The average molecular weight is 213 g/mol. The molecule has 1 unspecified atom stereocenters. The van der Waals surface area contributed by atoms with E-state index in [1.54, 1.807) is 0 Å². The van der Waals surface area contributed by atoms with Crippen LogP contribution in [0.1, 0.15) is 6.42 Å². The molecule has 1 N–H and O–H groups in total. The molecule has 1 atom stereocenters. The van der Waals surface area contributed by atoms with Crippen LogP contribution in [0.2, 0.25) is 0 Å². The summed E-state index contributed by atoms with van der Waals surface area (Å²) in [6.45, 7) is 2.15. The van der Waals surface area contributed by atoms with E-state index in [0.717, 1.165) is 13.1 Å². The molecule has 1 aliphatic rings. The van der Waals surface area contributed by atoms with E-state index >= 15 is 0 Å². The van der Waals surface area contributed by atoms with Crippen LogP contribution in [0.4, 0.5) is 0 Å². The first-order valence-electron chi connectivity index (χ1n) is 2.37. The highest BCUT2D eigenvalue weighted by atomic mass is 127. The van der Waals surface area contributed by atoms with E-state index in [2.05, 4.69) is 0 Å². The van der Waals surface area contributed by atoms with Crippen molar-refractivity contribution in [1.29, 1.82) is 0 Å². The molecule has 1 fully saturated rings. The lowest BCUT2D eigenvalue weighted by molar-refractivity contribution is 0.0418. The molecule has 7 heavy (non-hydrogen) atoms. The summed E-state index contributed by atoms with van der Waals surface area (Å²) >= 11 is 2.00. The van der Waals surface area contributed by atoms with Gasteiger partial charge in [0, 0.05) is 13.1 Å². The Balaban J connectivity index is 2.14. The molecule has 2 nitrogen and oxygen atoms in total. The van der Waals surface area contributed by atoms with Gasteiger partial charge in [-0.15, -0.1) is 0 Å². The number of hydrogen-bond donors (Lipinski definition) is 1. The van der Waals surface area contributed by atoms with E-state index in [4.69, 9.17) is 5.11 Å². The van der Waals surface area contributed by atoms with Gasteiger partial charge in [0.2, 0.25) is 0 Å². The van der Waals surface area contributed by atoms with Crippen molar-refractivity contribution < 1.29 is 5.11 Å². The second-order valence-corrected chi connectivity index (χ2v) is 2.81. The monoisotopic (exact) mass is 213 g/mol. The van der Waals surface area contributed by atoms with Gasteiger partial charge >= 0.3 is 0 Å². The lowest BCUT2D eigenvalue weighted by atomic mass is 10.2. The number of hydrogen-bond acceptors (Lipinski definition) is 2. The summed E-state index contributed by atoms with van der Waals surface area (Å²) in [5, 5.41) is 8.78. The molecule has 0 spiro atoms. The zero-order chi connectivity index (χ0) is 5.28. The van der Waals surface area contributed by atoms with Gasteiger partial charge in [-0.2, -0.15) is 0 Å². The van der Waals surface area contributed by atoms with Gasteiger partial charge in [0.15, 0.2) is 4.23 Å². The maximum absolute atomic E-state index is 8.78. The molecule has 0 amide bonds. The van der Waals surface area contributed by atoms with Crippen molar-refractivity contribution in [2.24, 2.45) is 0 Å². The van der Waals surface area contributed by atoms with Crippen molar-refractivity contribution in [2.45, 2.75) is 10.7 Å². The van der Waals surface area contributed by atoms with Crippen LogP contribution in [0.5, 0.6) is 0 Å². The quantitative estimate of drug-likeness (QED) is 0.387. The van der Waals surface area contributed by atoms with Crippen molar-refractivity contribution in [1.82, 2.24) is 4.90 Å². The van der Waals surface area contributed by atoms with Crippen LogP contribution in [-0.4, -0.2) is 27.3 Å². The number of halogens is 1. The second kappa shape index (κ2) is 2.28. The first-order chi connectivity index (χ1) is 3.30. The van der Waals surface area contributed by atoms with Crippen molar-refractivity contribution in [3.8, 4) is 0 Å². The van der Waals surface area contributed by atoms with Crippen LogP contribution >= 0.6 is 22.6 Å². The van der Waals surface area contributed by atoms with Crippen LogP contribution in [0.25, 0.3) is 0 Å². The highest BCUT2D eigenvalue weighted by molar-refractivity contribution is 14.1. The summed E-state index contributed by atoms with van der Waals surface area (Å²) in [7, 11) is 0. The van der Waals surface area contributed by atoms with Gasteiger partial charge in [-0.3, -0.25) is 4.90 Å². The Kier molecular flexibility index (Phi) is 1.88. The highest BCUT2D eigenvalue weighted by Crippen LogP contribution is 2.12. The van der Waals surface area contributed by atoms with E-state index in [-0.39, 0.29) is 4.23 Å². The molecule has 0 aromatic rings. The summed E-state index contributed by atoms with van der Waals surface area (Å²) in [5.41, 5.74) is 0. The average Bonchev–Trinajstić information content (AvgIpc) is 1.23. The Morgan fingerprint density at radius 3 is 2.14 bits per heavy atom. The molecule has 0 aliphatic carbocycles. The zero-order valence-corrected chi connectivity index (χ0v) is 6.13. The SMILES string of the molecule is OC(I)N1CCC1. The van der Waals surface area contributed by atoms with Crippen LogP contribution in [0.3, 0.4) is 0 Å². The van der Waals surface area contributed by atoms with Gasteiger partial charge in [0.25, 0.3) is 0 Å². The van der Waals surface area contributed by atoms with E-state index in [1.165, 1.54) is 6.42 Å². The molecular formula is C4H8INO. The Morgan fingerprint density at radius 1 is 1.57 bits per heavy atom. The summed E-state index contributed by atoms with van der Waals surface area (Å²) in [6, 6.07) is 0. The standard InChI is InChI=1S/C4H8INO/c5-4(7)6-2-1-3-6/h4,7H,1-3H2. The maximum atomic E-state index is 8.78. The lowest BCUT2D eigenvalue weighted by Crippen LogP contribution is -2.41. The number of nitrogens with zero attached hydrogens (tertiary/aromatic N) is 1. The normalized spacial score (nSPS) is 26.6. The van der Waals surface area contributed by atoms with Crippen molar-refractivity contribution >= 4 is 22.6 Å². The fourth-order valence-corrected chi connectivity index (χ4v) is 1.11. The second-order valence-electron chi connectivity index (χ2n) is 1.70. The van der Waals surface area contributed by atoms with Crippen LogP contribution in [0, 0.1) is 0 Å². The van der Waals surface area contributed by atoms with Gasteiger partial charge in [-0.25, -0.2) is 0 Å². The van der Waals surface area contributed by atoms with Crippen molar-refractivity contribution in [3.63, 3.8) is 0 Å². The largest absolute Gasteiger partial charge is 0.369 e. The number of aliphatic hydroxyl groups is 1. The molecule has 0 aromatic heterocycles. The van der Waals surface area contributed by atoms with Crippen molar-refractivity contribution in [3.05, 3.63) is 0 Å². The molecule has 0 saturated carbocycles. The first-order valence-corrected chi connectivity index (χ1v) is 3.61. The smallest absolute Gasteiger partial charge is 0.160 e. The molecule has 3 heteroatoms. The Morgan fingerprint density at radius 2 is 2.14 bits per heavy atom. The predicted molar refractivity (Wildman–Crippen MR) is 36.2 cm³/mol. The van der Waals surface area contributed by atoms with Crippen molar-refractivity contribution in [2.75, 3.05) is 13.1 Å². The summed E-state index contributed by atoms with van der Waals surface area (Å²) < 4.78 is -0.244. The van der Waals surface area contributed by atoms with Gasteiger partial charge in [-0.05, 0) is 29.0 Å². The number of rotatable bonds is 1. The fourth-order valence-electron chi connectivity index (χ4n) is 0.554. The first kappa shape index (κ1) is 5.78. The topological polar surface area (TPSA) is 23.5 Å². The third-order valence-corrected chi connectivity index (χ3v) is 1.98. The van der Waals surface area contributed by atoms with Gasteiger partial charge in [0.05, 0.1) is 0 Å². The molecule has 0 bridgehead atoms. The van der Waals surface area contributed by atoms with Crippen LogP contribution in [0.15, 0.2) is 0 Å². The molecule has 42 valence electrons. The van der Waals surface area contributed by atoms with E-state index in [1.807, 2.05) is 27.5 Å². The summed E-state index contributed by atoms with van der Waals surface area (Å²) in [5.74, 6) is 0. The Labute approximate surface area is 56.6 Å². The minimum Gasteiger partial charge on any atom is -0.369 e. The summed E-state index contributed by atoms with van der Waals surface area (Å²) in [6.07, 6.45) is 1.25. The lowest BCUT2D eigenvalue weighted by Gasteiger charge is -2.31. The van der Waals surface area contributed by atoms with E-state index in [9.17, 15) is 0 Å². The van der Waals surface area contributed by atoms with E-state index in [0.29, 0.717) is 0 Å². The number of aliphatic hydroxyl groups excluding tert-OH is 1. The van der Waals surface area contributed by atoms with Crippen LogP contribution < -0.4 is 0 Å². The van der Waals surface area contributed by atoms with Crippen LogP contribution in [-0.2, 0) is 0 Å². The third kappa shape index (κ3) is 1.27. The Hall–Kier alpha value is 0.650. The van der Waals surface area contributed by atoms with Gasteiger partial charge < -0.3 is 5.11 Å². The summed E-state index contributed by atoms with van der Waals surface area (Å²) in [4.78, 5) is 2.01.